The van der Waals surface area contributed by atoms with E-state index in [0.717, 1.165) is 0 Å². The first-order chi connectivity index (χ1) is 4.93. The lowest BCUT2D eigenvalue weighted by atomic mass is 10.1. The lowest BCUT2D eigenvalue weighted by Crippen LogP contribution is -2.56. The molecule has 64 valence electrons. The Labute approximate surface area is 70.3 Å². The highest BCUT2D eigenvalue weighted by atomic mass is 28.3. The van der Waals surface area contributed by atoms with Gasteiger partial charge in [0.1, 0.15) is 0 Å². The van der Waals surface area contributed by atoms with Gasteiger partial charge < -0.3 is 14.5 Å². The fourth-order valence-corrected chi connectivity index (χ4v) is 2.86. The minimum Gasteiger partial charge on any atom is -0.379 e. The quantitative estimate of drug-likeness (QED) is 0.528. The van der Waals surface area contributed by atoms with Crippen LogP contribution in [0.4, 0.5) is 0 Å². The molecule has 11 heavy (non-hydrogen) atoms. The highest BCUT2D eigenvalue weighted by molar-refractivity contribution is 6.50. The molecule has 0 saturated heterocycles. The second-order valence-corrected chi connectivity index (χ2v) is 6.15. The van der Waals surface area contributed by atoms with Gasteiger partial charge in [-0.05, 0) is 27.8 Å². The van der Waals surface area contributed by atoms with Gasteiger partial charge in [-0.2, -0.15) is 0 Å². The Morgan fingerprint density at radius 2 is 1.82 bits per heavy atom. The fraction of sp³-hybridized carbons (Fsp3) is 0.714. The summed E-state index contributed by atoms with van der Waals surface area (Å²) in [7, 11) is 0.713. The van der Waals surface area contributed by atoms with E-state index in [1.54, 1.807) is 0 Å². The largest absolute Gasteiger partial charge is 0.379 e. The van der Waals surface area contributed by atoms with Gasteiger partial charge in [0.15, 0.2) is 0 Å². The van der Waals surface area contributed by atoms with Crippen LogP contribution in [0.3, 0.4) is 0 Å². The van der Waals surface area contributed by atoms with E-state index in [1.165, 1.54) is 0 Å². The smallest absolute Gasteiger partial charge is 0.326 e. The summed E-state index contributed by atoms with van der Waals surface area (Å²) in [5.41, 5.74) is 0.174. The predicted octanol–water partition coefficient (Wildman–Crippen LogP) is 0.179. The summed E-state index contributed by atoms with van der Waals surface area (Å²) < 4.78 is 4.40. The lowest BCUT2D eigenvalue weighted by molar-refractivity contribution is 0.319. The first-order valence-corrected chi connectivity index (χ1v) is 5.57. The summed E-state index contributed by atoms with van der Waals surface area (Å²) in [5, 5.41) is 6.04. The van der Waals surface area contributed by atoms with E-state index in [-0.39, 0.29) is 5.54 Å². The van der Waals surface area contributed by atoms with Crippen molar-refractivity contribution in [3.8, 4) is 0 Å². The average Bonchev–Trinajstić information content (AvgIpc) is 2.11. The summed E-state index contributed by atoms with van der Waals surface area (Å²) in [5.74, 6) is 0. The van der Waals surface area contributed by atoms with E-state index < -0.39 is 9.28 Å². The monoisotopic (exact) mass is 171 g/mol. The van der Waals surface area contributed by atoms with Crippen molar-refractivity contribution in [2.24, 2.45) is 5.40 Å². The van der Waals surface area contributed by atoms with Gasteiger partial charge in [-0.25, -0.2) is 0 Å². The second kappa shape index (κ2) is 2.53. The molecule has 0 amide bonds. The Hall–Kier alpha value is -0.483. The van der Waals surface area contributed by atoms with E-state index in [2.05, 4.69) is 42.3 Å². The maximum Gasteiger partial charge on any atom is 0.326 e. The third kappa shape index (κ3) is 1.57. The highest BCUT2D eigenvalue weighted by Gasteiger charge is 2.30. The van der Waals surface area contributed by atoms with Crippen LogP contribution in [0, 0.1) is 0 Å². The van der Waals surface area contributed by atoms with Crippen molar-refractivity contribution in [1.82, 2.24) is 9.13 Å². The molecule has 1 rings (SSSR count). The van der Waals surface area contributed by atoms with Gasteiger partial charge in [-0.1, -0.05) is 0 Å². The van der Waals surface area contributed by atoms with Crippen molar-refractivity contribution in [2.45, 2.75) is 26.3 Å². The van der Waals surface area contributed by atoms with Crippen LogP contribution in [0.2, 0.25) is 0 Å². The first-order valence-electron chi connectivity index (χ1n) is 3.87. The summed E-state index contributed by atoms with van der Waals surface area (Å²) >= 11 is 0. The number of rotatable bonds is 0. The van der Waals surface area contributed by atoms with Crippen LogP contribution in [0.5, 0.6) is 0 Å². The predicted molar refractivity (Wildman–Crippen MR) is 49.8 cm³/mol. The molecule has 4 heteroatoms. The van der Waals surface area contributed by atoms with Crippen molar-refractivity contribution in [3.05, 3.63) is 12.4 Å². The van der Waals surface area contributed by atoms with Crippen molar-refractivity contribution >= 4 is 9.28 Å². The molecule has 3 nitrogen and oxygen atoms in total. The van der Waals surface area contributed by atoms with E-state index >= 15 is 0 Å². The van der Waals surface area contributed by atoms with E-state index in [4.69, 9.17) is 5.40 Å². The van der Waals surface area contributed by atoms with E-state index in [9.17, 15) is 0 Å². The Kier molecular flexibility index (Phi) is 1.98. The number of hydrogen-bond acceptors (Lipinski definition) is 3. The normalized spacial score (nSPS) is 25.0. The summed E-state index contributed by atoms with van der Waals surface area (Å²) in [6.07, 6.45) is 4.15. The molecule has 0 aliphatic carbocycles. The topological polar surface area (TPSA) is 32.5 Å². The zero-order chi connectivity index (χ0) is 8.65. The number of hydrogen-bond donors (Lipinski definition) is 1. The molecular weight excluding hydrogens is 154 g/mol. The molecule has 0 saturated carbocycles. The van der Waals surface area contributed by atoms with Gasteiger partial charge in [0.25, 0.3) is 0 Å². The van der Waals surface area contributed by atoms with Crippen LogP contribution >= 0.6 is 0 Å². The zero-order valence-electron chi connectivity index (χ0n) is 7.70. The third-order valence-corrected chi connectivity index (χ3v) is 4.46. The molecule has 1 aliphatic rings. The Balaban J connectivity index is 2.70. The molecule has 0 spiro atoms. The minimum atomic E-state index is -1.33. The Morgan fingerprint density at radius 1 is 1.27 bits per heavy atom. The molecule has 0 bridgehead atoms. The molecule has 0 aromatic heterocycles. The molecule has 1 heterocycles. The molecule has 2 N–H and O–H groups in total. The maximum atomic E-state index is 6.04. The van der Waals surface area contributed by atoms with Crippen molar-refractivity contribution in [3.63, 3.8) is 0 Å². The minimum absolute atomic E-state index is 0.174. The number of nitrogens with zero attached hydrogens (tertiary/aromatic N) is 2. The van der Waals surface area contributed by atoms with Crippen LogP contribution < -0.4 is 5.40 Å². The van der Waals surface area contributed by atoms with Gasteiger partial charge in [-0.15, -0.1) is 0 Å². The fourth-order valence-electron chi connectivity index (χ4n) is 1.17. The van der Waals surface area contributed by atoms with Crippen LogP contribution in [-0.4, -0.2) is 31.0 Å². The standard InChI is InChI=1S/C7H17N3Si/c1-7(2,3)10-6-5-9(4)11(10)8/h5-6,11H,8H2,1-4H3. The van der Waals surface area contributed by atoms with E-state index in [0.29, 0.717) is 0 Å². The zero-order valence-corrected chi connectivity index (χ0v) is 8.86. The van der Waals surface area contributed by atoms with Gasteiger partial charge in [0, 0.05) is 17.9 Å². The molecule has 1 aliphatic heterocycles. The van der Waals surface area contributed by atoms with Crippen molar-refractivity contribution in [2.75, 3.05) is 7.05 Å². The van der Waals surface area contributed by atoms with E-state index in [1.807, 2.05) is 7.05 Å². The van der Waals surface area contributed by atoms with Crippen molar-refractivity contribution in [1.29, 1.82) is 0 Å². The van der Waals surface area contributed by atoms with Crippen LogP contribution in [-0.2, 0) is 0 Å². The van der Waals surface area contributed by atoms with Gasteiger partial charge in [-0.3, -0.25) is 0 Å². The van der Waals surface area contributed by atoms with Crippen LogP contribution in [0.15, 0.2) is 12.4 Å². The van der Waals surface area contributed by atoms with Crippen LogP contribution in [0.1, 0.15) is 20.8 Å². The third-order valence-electron chi connectivity index (χ3n) is 1.94. The van der Waals surface area contributed by atoms with Crippen LogP contribution in [0.25, 0.3) is 0 Å². The van der Waals surface area contributed by atoms with Gasteiger partial charge in [0.05, 0.1) is 0 Å². The SMILES string of the molecule is CN1C=CN(C(C)(C)C)[SiH]1N. The molecule has 1 atom stereocenters. The van der Waals surface area contributed by atoms with Gasteiger partial charge in [0.2, 0.25) is 0 Å². The van der Waals surface area contributed by atoms with Gasteiger partial charge >= 0.3 is 9.28 Å². The Morgan fingerprint density at radius 3 is 2.00 bits per heavy atom. The maximum absolute atomic E-state index is 6.04. The molecule has 0 aromatic rings. The molecule has 0 aromatic carbocycles. The van der Waals surface area contributed by atoms with Crippen molar-refractivity contribution < 1.29 is 0 Å². The number of nitrogens with two attached hydrogens (primary N) is 1. The summed E-state index contributed by atoms with van der Waals surface area (Å²) in [4.78, 5) is 0. The second-order valence-electron chi connectivity index (χ2n) is 3.96. The molecule has 0 radical (unpaired) electrons. The molecule has 0 fully saturated rings. The average molecular weight is 171 g/mol. The summed E-state index contributed by atoms with van der Waals surface area (Å²) in [6, 6.07) is 0. The highest BCUT2D eigenvalue weighted by Crippen LogP contribution is 2.18. The lowest BCUT2D eigenvalue weighted by Gasteiger charge is -2.36. The summed E-state index contributed by atoms with van der Waals surface area (Å²) in [6.45, 7) is 6.55. The Bertz CT molecular complexity index is 173. The molecular formula is C7H17N3Si. The first kappa shape index (κ1) is 8.61. The molecule has 1 unspecified atom stereocenters.